The molecule has 0 aliphatic carbocycles. The molecule has 0 spiro atoms. The average molecular weight is 420 g/mol. The monoisotopic (exact) mass is 419 g/mol. The summed E-state index contributed by atoms with van der Waals surface area (Å²) < 4.78 is 1.33. The van der Waals surface area contributed by atoms with Crippen LogP contribution in [0.4, 0.5) is 0 Å². The Bertz CT molecular complexity index is 986. The highest BCUT2D eigenvalue weighted by atomic mass is 32.1. The molecule has 6 nitrogen and oxygen atoms in total. The standard InChI is InChI=1S/C20H25N3O3S2/c1-3-7-20(26,8-4-2)12-21-16(24)10-23-13-22-18-17(19(23)25)14(11-28-18)15-6-5-9-27-15/h5-6,9,11,13,26H,3-4,7-8,10,12H2,1-2H3,(H,21,24). The first kappa shape index (κ1) is 20.7. The van der Waals surface area contributed by atoms with Gasteiger partial charge in [0, 0.05) is 22.4 Å². The van der Waals surface area contributed by atoms with Gasteiger partial charge in [-0.25, -0.2) is 4.98 Å². The van der Waals surface area contributed by atoms with E-state index in [-0.39, 0.29) is 24.6 Å². The zero-order valence-corrected chi connectivity index (χ0v) is 17.7. The lowest BCUT2D eigenvalue weighted by molar-refractivity contribution is -0.123. The number of thiophene rings is 2. The molecule has 150 valence electrons. The van der Waals surface area contributed by atoms with E-state index in [1.165, 1.54) is 22.2 Å². The maximum absolute atomic E-state index is 13.0. The fourth-order valence-electron chi connectivity index (χ4n) is 3.40. The first-order valence-electron chi connectivity index (χ1n) is 9.47. The molecule has 0 radical (unpaired) electrons. The molecule has 3 rings (SSSR count). The van der Waals surface area contributed by atoms with Crippen LogP contribution >= 0.6 is 22.7 Å². The molecule has 0 unspecified atom stereocenters. The third-order valence-corrected chi connectivity index (χ3v) is 6.50. The summed E-state index contributed by atoms with van der Waals surface area (Å²) in [6, 6.07) is 3.91. The Morgan fingerprint density at radius 1 is 1.29 bits per heavy atom. The largest absolute Gasteiger partial charge is 0.388 e. The number of fused-ring (bicyclic) bond motifs is 1. The third-order valence-electron chi connectivity index (χ3n) is 4.71. The number of carbonyl (C=O) groups is 1. The molecule has 0 fully saturated rings. The molecular formula is C20H25N3O3S2. The van der Waals surface area contributed by atoms with Crippen molar-refractivity contribution in [3.63, 3.8) is 0 Å². The van der Waals surface area contributed by atoms with Crippen LogP contribution in [0.3, 0.4) is 0 Å². The van der Waals surface area contributed by atoms with Crippen molar-refractivity contribution < 1.29 is 9.90 Å². The van der Waals surface area contributed by atoms with E-state index in [1.54, 1.807) is 11.3 Å². The third kappa shape index (κ3) is 4.51. The van der Waals surface area contributed by atoms with Crippen molar-refractivity contribution in [2.75, 3.05) is 6.54 Å². The number of aromatic nitrogens is 2. The van der Waals surface area contributed by atoms with E-state index >= 15 is 0 Å². The van der Waals surface area contributed by atoms with Crippen LogP contribution in [0, 0.1) is 0 Å². The summed E-state index contributed by atoms with van der Waals surface area (Å²) in [5.41, 5.74) is -0.254. The molecule has 28 heavy (non-hydrogen) atoms. The second-order valence-corrected chi connectivity index (χ2v) is 8.79. The Morgan fingerprint density at radius 3 is 2.68 bits per heavy atom. The lowest BCUT2D eigenvalue weighted by atomic mass is 9.92. The Kier molecular flexibility index (Phi) is 6.64. The first-order chi connectivity index (χ1) is 13.5. The molecule has 0 atom stereocenters. The summed E-state index contributed by atoms with van der Waals surface area (Å²) in [4.78, 5) is 31.4. The van der Waals surface area contributed by atoms with E-state index in [0.717, 1.165) is 23.3 Å². The van der Waals surface area contributed by atoms with Gasteiger partial charge in [-0.05, 0) is 24.3 Å². The molecule has 0 aromatic carbocycles. The highest BCUT2D eigenvalue weighted by Gasteiger charge is 2.25. The molecule has 8 heteroatoms. The summed E-state index contributed by atoms with van der Waals surface area (Å²) in [7, 11) is 0. The Morgan fingerprint density at radius 2 is 2.04 bits per heavy atom. The molecule has 0 bridgehead atoms. The second-order valence-electron chi connectivity index (χ2n) is 6.99. The highest BCUT2D eigenvalue weighted by Crippen LogP contribution is 2.33. The average Bonchev–Trinajstić information content (AvgIpc) is 3.32. The number of amides is 1. The topological polar surface area (TPSA) is 84.2 Å². The SMILES string of the molecule is CCCC(O)(CCC)CNC(=O)Cn1cnc2scc(-c3cccs3)c2c1=O. The Labute approximate surface area is 171 Å². The van der Waals surface area contributed by atoms with Crippen LogP contribution in [0.25, 0.3) is 20.7 Å². The number of carbonyl (C=O) groups excluding carboxylic acids is 1. The van der Waals surface area contributed by atoms with E-state index in [9.17, 15) is 14.7 Å². The summed E-state index contributed by atoms with van der Waals surface area (Å²) in [6.45, 7) is 4.09. The van der Waals surface area contributed by atoms with Gasteiger partial charge in [0.15, 0.2) is 0 Å². The second kappa shape index (κ2) is 8.98. The first-order valence-corrected chi connectivity index (χ1v) is 11.2. The van der Waals surface area contributed by atoms with E-state index < -0.39 is 5.60 Å². The van der Waals surface area contributed by atoms with Gasteiger partial charge in [-0.15, -0.1) is 22.7 Å². The zero-order valence-electron chi connectivity index (χ0n) is 16.1. The molecule has 1 amide bonds. The summed E-state index contributed by atoms with van der Waals surface area (Å²) in [5, 5.41) is 17.9. The minimum Gasteiger partial charge on any atom is -0.388 e. The van der Waals surface area contributed by atoms with E-state index in [0.29, 0.717) is 23.1 Å². The quantitative estimate of drug-likeness (QED) is 0.555. The van der Waals surface area contributed by atoms with Gasteiger partial charge in [0.2, 0.25) is 5.91 Å². The van der Waals surface area contributed by atoms with Crippen molar-refractivity contribution in [2.24, 2.45) is 0 Å². The van der Waals surface area contributed by atoms with Crippen LogP contribution < -0.4 is 10.9 Å². The van der Waals surface area contributed by atoms with Crippen molar-refractivity contribution in [1.82, 2.24) is 14.9 Å². The highest BCUT2D eigenvalue weighted by molar-refractivity contribution is 7.18. The Balaban J connectivity index is 1.77. The maximum atomic E-state index is 13.0. The predicted molar refractivity (Wildman–Crippen MR) is 115 cm³/mol. The van der Waals surface area contributed by atoms with Crippen LogP contribution in [-0.4, -0.2) is 32.7 Å². The van der Waals surface area contributed by atoms with E-state index in [1.807, 2.05) is 36.7 Å². The molecule has 0 aliphatic heterocycles. The molecule has 3 aromatic rings. The molecular weight excluding hydrogens is 394 g/mol. The van der Waals surface area contributed by atoms with Gasteiger partial charge >= 0.3 is 0 Å². The summed E-state index contributed by atoms with van der Waals surface area (Å²) >= 11 is 2.99. The smallest absolute Gasteiger partial charge is 0.263 e. The minimum atomic E-state index is -0.897. The number of hydrogen-bond acceptors (Lipinski definition) is 6. The van der Waals surface area contributed by atoms with Crippen molar-refractivity contribution >= 4 is 38.8 Å². The van der Waals surface area contributed by atoms with Gasteiger partial charge < -0.3 is 10.4 Å². The molecule has 0 aliphatic rings. The zero-order chi connectivity index (χ0) is 20.1. The lowest BCUT2D eigenvalue weighted by Crippen LogP contribution is -2.44. The summed E-state index contributed by atoms with van der Waals surface area (Å²) in [6.07, 6.45) is 4.37. The van der Waals surface area contributed by atoms with Crippen LogP contribution in [0.5, 0.6) is 0 Å². The van der Waals surface area contributed by atoms with Crippen LogP contribution in [0.1, 0.15) is 39.5 Å². The fraction of sp³-hybridized carbons (Fsp3) is 0.450. The normalized spacial score (nSPS) is 11.8. The molecule has 3 aromatic heterocycles. The molecule has 2 N–H and O–H groups in total. The van der Waals surface area contributed by atoms with Crippen molar-refractivity contribution in [3.8, 4) is 10.4 Å². The van der Waals surface area contributed by atoms with Gasteiger partial charge in [-0.2, -0.15) is 0 Å². The predicted octanol–water partition coefficient (Wildman–Crippen LogP) is 3.63. The van der Waals surface area contributed by atoms with Crippen LogP contribution in [0.15, 0.2) is 34.0 Å². The van der Waals surface area contributed by atoms with E-state index in [4.69, 9.17) is 0 Å². The number of nitrogens with zero attached hydrogens (tertiary/aromatic N) is 2. The number of aliphatic hydroxyl groups is 1. The van der Waals surface area contributed by atoms with Gasteiger partial charge in [-0.3, -0.25) is 14.2 Å². The fourth-order valence-corrected chi connectivity index (χ4v) is 5.12. The van der Waals surface area contributed by atoms with E-state index in [2.05, 4.69) is 10.3 Å². The molecule has 0 saturated carbocycles. The van der Waals surface area contributed by atoms with Crippen LogP contribution in [0.2, 0.25) is 0 Å². The van der Waals surface area contributed by atoms with Gasteiger partial charge in [-0.1, -0.05) is 32.8 Å². The maximum Gasteiger partial charge on any atom is 0.263 e. The van der Waals surface area contributed by atoms with Gasteiger partial charge in [0.05, 0.1) is 17.3 Å². The molecule has 0 saturated heterocycles. The van der Waals surface area contributed by atoms with Crippen molar-refractivity contribution in [2.45, 2.75) is 51.7 Å². The van der Waals surface area contributed by atoms with Crippen molar-refractivity contribution in [1.29, 1.82) is 0 Å². The van der Waals surface area contributed by atoms with Crippen LogP contribution in [-0.2, 0) is 11.3 Å². The Hall–Kier alpha value is -2.03. The number of nitrogens with one attached hydrogen (secondary N) is 1. The lowest BCUT2D eigenvalue weighted by Gasteiger charge is -2.27. The number of hydrogen-bond donors (Lipinski definition) is 2. The van der Waals surface area contributed by atoms with Gasteiger partial charge in [0.1, 0.15) is 11.4 Å². The van der Waals surface area contributed by atoms with Crippen molar-refractivity contribution in [3.05, 3.63) is 39.6 Å². The molecule has 3 heterocycles. The summed E-state index contributed by atoms with van der Waals surface area (Å²) in [5.74, 6) is -0.304. The minimum absolute atomic E-state index is 0.115. The van der Waals surface area contributed by atoms with Gasteiger partial charge in [0.25, 0.3) is 5.56 Å². The number of rotatable bonds is 9.